The van der Waals surface area contributed by atoms with E-state index in [1.54, 1.807) is 13.8 Å². The summed E-state index contributed by atoms with van der Waals surface area (Å²) in [5, 5.41) is 0. The van der Waals surface area contributed by atoms with Gasteiger partial charge in [0, 0.05) is 0 Å². The molecule has 0 aromatic rings. The lowest BCUT2D eigenvalue weighted by molar-refractivity contribution is -0.169. The van der Waals surface area contributed by atoms with Crippen molar-refractivity contribution in [3.8, 4) is 0 Å². The Morgan fingerprint density at radius 2 is 2.00 bits per heavy atom. The smallest absolute Gasteiger partial charge is 0.326 e. The van der Waals surface area contributed by atoms with Crippen LogP contribution < -0.4 is 0 Å². The van der Waals surface area contributed by atoms with Crippen molar-refractivity contribution in [2.45, 2.75) is 56.9 Å². The number of ether oxygens (including phenoxy) is 1. The third-order valence-corrected chi connectivity index (χ3v) is 3.65. The second kappa shape index (κ2) is 3.13. The van der Waals surface area contributed by atoms with Crippen molar-refractivity contribution in [1.82, 2.24) is 0 Å². The molecular weight excluding hydrogens is 200 g/mol. The second-order valence-corrected chi connectivity index (χ2v) is 6.21. The molecule has 3 heteroatoms. The van der Waals surface area contributed by atoms with Gasteiger partial charge in [-0.15, -0.1) is 11.6 Å². The number of esters is 1. The number of carbonyl (C=O) groups excluding carboxylic acids is 1. The summed E-state index contributed by atoms with van der Waals surface area (Å²) < 4.78 is 5.31. The van der Waals surface area contributed by atoms with Gasteiger partial charge in [0.2, 0.25) is 0 Å². The monoisotopic (exact) mass is 216 g/mol. The van der Waals surface area contributed by atoms with Crippen LogP contribution in [0.4, 0.5) is 0 Å². The molecule has 0 amide bonds. The number of carbonyl (C=O) groups is 1. The van der Waals surface area contributed by atoms with E-state index in [4.69, 9.17) is 16.3 Å². The summed E-state index contributed by atoms with van der Waals surface area (Å²) in [7, 11) is 0. The van der Waals surface area contributed by atoms with Crippen molar-refractivity contribution < 1.29 is 9.53 Å². The normalized spacial score (nSPS) is 25.4. The molecule has 0 heterocycles. The molecule has 2 saturated carbocycles. The molecule has 0 aromatic heterocycles. The van der Waals surface area contributed by atoms with Crippen LogP contribution in [0.3, 0.4) is 0 Å². The molecule has 0 bridgehead atoms. The number of rotatable bonds is 2. The molecule has 2 aliphatic carbocycles. The predicted molar refractivity (Wildman–Crippen MR) is 55.3 cm³/mol. The van der Waals surface area contributed by atoms with E-state index < -0.39 is 4.87 Å². The summed E-state index contributed by atoms with van der Waals surface area (Å²) in [6.07, 6.45) is 6.26. The van der Waals surface area contributed by atoms with E-state index in [-0.39, 0.29) is 12.1 Å². The van der Waals surface area contributed by atoms with Crippen LogP contribution in [0.25, 0.3) is 0 Å². The third kappa shape index (κ3) is 1.77. The maximum Gasteiger partial charge on any atom is 0.326 e. The first-order valence-corrected chi connectivity index (χ1v) is 5.69. The molecule has 0 unspecified atom stereocenters. The Morgan fingerprint density at radius 3 is 2.36 bits per heavy atom. The number of hydrogen-bond donors (Lipinski definition) is 0. The fraction of sp³-hybridized carbons (Fsp3) is 0.909. The van der Waals surface area contributed by atoms with Crippen molar-refractivity contribution in [2.24, 2.45) is 5.41 Å². The number of halogens is 1. The number of alkyl halides is 1. The summed E-state index contributed by atoms with van der Waals surface area (Å²) in [6.45, 7) is 3.35. The SMILES string of the molecule is CC(C)(Cl)C(=O)OC1CC2(CCC2)C1. The van der Waals surface area contributed by atoms with Crippen LogP contribution in [0.15, 0.2) is 0 Å². The van der Waals surface area contributed by atoms with Crippen LogP contribution in [0, 0.1) is 5.41 Å². The minimum absolute atomic E-state index is 0.140. The van der Waals surface area contributed by atoms with Crippen molar-refractivity contribution in [1.29, 1.82) is 0 Å². The molecule has 2 rings (SSSR count). The standard InChI is InChI=1S/C11H17ClO2/c1-10(2,12)9(13)14-8-6-11(7-8)4-3-5-11/h8H,3-7H2,1-2H3. The maximum absolute atomic E-state index is 11.4. The molecule has 0 aliphatic heterocycles. The highest BCUT2D eigenvalue weighted by molar-refractivity contribution is 6.33. The first-order chi connectivity index (χ1) is 6.41. The topological polar surface area (TPSA) is 26.3 Å². The van der Waals surface area contributed by atoms with Crippen LogP contribution >= 0.6 is 11.6 Å². The average molecular weight is 217 g/mol. The lowest BCUT2D eigenvalue weighted by Crippen LogP contribution is -2.48. The van der Waals surface area contributed by atoms with E-state index in [9.17, 15) is 4.79 Å². The molecule has 14 heavy (non-hydrogen) atoms. The maximum atomic E-state index is 11.4. The molecule has 0 aromatic carbocycles. The van der Waals surface area contributed by atoms with Crippen LogP contribution in [0.2, 0.25) is 0 Å². The van der Waals surface area contributed by atoms with E-state index in [1.165, 1.54) is 19.3 Å². The van der Waals surface area contributed by atoms with Gasteiger partial charge in [-0.2, -0.15) is 0 Å². The molecule has 0 atom stereocenters. The van der Waals surface area contributed by atoms with E-state index >= 15 is 0 Å². The van der Waals surface area contributed by atoms with Gasteiger partial charge in [-0.25, -0.2) is 0 Å². The zero-order valence-corrected chi connectivity index (χ0v) is 9.56. The number of hydrogen-bond acceptors (Lipinski definition) is 2. The van der Waals surface area contributed by atoms with Crippen molar-refractivity contribution in [3.05, 3.63) is 0 Å². The predicted octanol–water partition coefficient (Wildman–Crippen LogP) is 2.88. The van der Waals surface area contributed by atoms with E-state index in [0.717, 1.165) is 12.8 Å². The largest absolute Gasteiger partial charge is 0.461 e. The van der Waals surface area contributed by atoms with Gasteiger partial charge in [0.25, 0.3) is 0 Å². The Hall–Kier alpha value is -0.240. The van der Waals surface area contributed by atoms with E-state index in [0.29, 0.717) is 5.41 Å². The summed E-state index contributed by atoms with van der Waals surface area (Å²) >= 11 is 5.85. The van der Waals surface area contributed by atoms with Crippen LogP contribution in [0.1, 0.15) is 46.0 Å². The Kier molecular flexibility index (Phi) is 2.30. The summed E-state index contributed by atoms with van der Waals surface area (Å²) in [4.78, 5) is 10.6. The first kappa shape index (κ1) is 10.3. The van der Waals surface area contributed by atoms with E-state index in [2.05, 4.69) is 0 Å². The van der Waals surface area contributed by atoms with Crippen LogP contribution in [0.5, 0.6) is 0 Å². The Bertz CT molecular complexity index is 243. The Morgan fingerprint density at radius 1 is 1.43 bits per heavy atom. The fourth-order valence-corrected chi connectivity index (χ4v) is 2.41. The van der Waals surface area contributed by atoms with Crippen molar-refractivity contribution in [2.75, 3.05) is 0 Å². The Balaban J connectivity index is 1.76. The molecule has 1 spiro atoms. The van der Waals surface area contributed by atoms with Gasteiger partial charge in [-0.3, -0.25) is 4.79 Å². The van der Waals surface area contributed by atoms with Gasteiger partial charge in [-0.05, 0) is 44.9 Å². The van der Waals surface area contributed by atoms with Gasteiger partial charge in [0.1, 0.15) is 11.0 Å². The quantitative estimate of drug-likeness (QED) is 0.524. The minimum Gasteiger partial charge on any atom is -0.461 e. The molecule has 0 saturated heterocycles. The van der Waals surface area contributed by atoms with Crippen molar-refractivity contribution >= 4 is 17.6 Å². The molecule has 80 valence electrons. The minimum atomic E-state index is -0.873. The molecule has 2 nitrogen and oxygen atoms in total. The van der Waals surface area contributed by atoms with E-state index in [1.807, 2.05) is 0 Å². The third-order valence-electron chi connectivity index (χ3n) is 3.49. The molecular formula is C11H17ClO2. The van der Waals surface area contributed by atoms with Crippen LogP contribution in [-0.2, 0) is 9.53 Å². The van der Waals surface area contributed by atoms with Crippen LogP contribution in [-0.4, -0.2) is 16.9 Å². The van der Waals surface area contributed by atoms with Gasteiger partial charge < -0.3 is 4.74 Å². The van der Waals surface area contributed by atoms with Gasteiger partial charge >= 0.3 is 5.97 Å². The first-order valence-electron chi connectivity index (χ1n) is 5.31. The highest BCUT2D eigenvalue weighted by atomic mass is 35.5. The summed E-state index contributed by atoms with van der Waals surface area (Å²) in [5.74, 6) is -0.279. The summed E-state index contributed by atoms with van der Waals surface area (Å²) in [6, 6.07) is 0. The fourth-order valence-electron chi connectivity index (χ4n) is 2.37. The summed E-state index contributed by atoms with van der Waals surface area (Å²) in [5.41, 5.74) is 0.557. The Labute approximate surface area is 90.0 Å². The lowest BCUT2D eigenvalue weighted by atomic mass is 9.55. The van der Waals surface area contributed by atoms with Crippen molar-refractivity contribution in [3.63, 3.8) is 0 Å². The molecule has 0 N–H and O–H groups in total. The van der Waals surface area contributed by atoms with Gasteiger partial charge in [-0.1, -0.05) is 6.42 Å². The van der Waals surface area contributed by atoms with Gasteiger partial charge in [0.15, 0.2) is 0 Å². The lowest BCUT2D eigenvalue weighted by Gasteiger charge is -2.53. The second-order valence-electron chi connectivity index (χ2n) is 5.26. The molecule has 2 aliphatic rings. The zero-order valence-electron chi connectivity index (χ0n) is 8.81. The molecule has 0 radical (unpaired) electrons. The highest BCUT2D eigenvalue weighted by Gasteiger charge is 2.50. The van der Waals surface area contributed by atoms with Gasteiger partial charge in [0.05, 0.1) is 0 Å². The zero-order chi connectivity index (χ0) is 10.4. The average Bonchev–Trinajstić information content (AvgIpc) is 1.88. The highest BCUT2D eigenvalue weighted by Crippen LogP contribution is 2.56. The molecule has 2 fully saturated rings.